The van der Waals surface area contributed by atoms with Crippen LogP contribution in [0.5, 0.6) is 0 Å². The average molecular weight is 292 g/mol. The van der Waals surface area contributed by atoms with E-state index in [-0.39, 0.29) is 0 Å². The van der Waals surface area contributed by atoms with Gasteiger partial charge in [-0.3, -0.25) is 0 Å². The Morgan fingerprint density at radius 1 is 1.27 bits per heavy atom. The first-order valence-corrected chi connectivity index (χ1v) is 6.26. The third-order valence-corrected chi connectivity index (χ3v) is 3.03. The van der Waals surface area contributed by atoms with Gasteiger partial charge in [-0.25, -0.2) is 0 Å². The van der Waals surface area contributed by atoms with E-state index < -0.39 is 0 Å². The highest BCUT2D eigenvalue weighted by atomic mass is 79.9. The summed E-state index contributed by atoms with van der Waals surface area (Å²) < 4.78 is 1.06. The van der Waals surface area contributed by atoms with Crippen molar-refractivity contribution in [1.82, 2.24) is 10.6 Å². The minimum atomic E-state index is 0.762. The summed E-state index contributed by atoms with van der Waals surface area (Å²) in [4.78, 5) is 0. The van der Waals surface area contributed by atoms with Gasteiger partial charge < -0.3 is 10.6 Å². The summed E-state index contributed by atoms with van der Waals surface area (Å²) in [6.45, 7) is 5.97. The van der Waals surface area contributed by atoms with Crippen LogP contribution in [0.2, 0.25) is 5.02 Å². The highest BCUT2D eigenvalue weighted by Gasteiger charge is 1.99. The Balaban J connectivity index is 2.31. The normalized spacial score (nSPS) is 10.6. The molecule has 2 N–H and O–H groups in total. The molecule has 0 fully saturated rings. The predicted octanol–water partition coefficient (Wildman–Crippen LogP) is 2.80. The fraction of sp³-hybridized carbons (Fsp3) is 0.455. The molecule has 1 aromatic rings. The quantitative estimate of drug-likeness (QED) is 0.788. The monoisotopic (exact) mass is 290 g/mol. The molecule has 0 bridgehead atoms. The van der Waals surface area contributed by atoms with Crippen LogP contribution in [0.4, 0.5) is 0 Å². The molecule has 0 aliphatic carbocycles. The van der Waals surface area contributed by atoms with Crippen LogP contribution in [0, 0.1) is 0 Å². The van der Waals surface area contributed by atoms with Crippen molar-refractivity contribution in [1.29, 1.82) is 0 Å². The van der Waals surface area contributed by atoms with Crippen LogP contribution in [-0.2, 0) is 6.54 Å². The second-order valence-electron chi connectivity index (χ2n) is 3.27. The molecule has 0 aliphatic rings. The fourth-order valence-electron chi connectivity index (χ4n) is 1.24. The maximum Gasteiger partial charge on any atom is 0.0417 e. The molecular weight excluding hydrogens is 275 g/mol. The Kier molecular flexibility index (Phi) is 6.25. The molecule has 0 aliphatic heterocycles. The highest BCUT2D eigenvalue weighted by molar-refractivity contribution is 9.10. The van der Waals surface area contributed by atoms with E-state index in [4.69, 9.17) is 11.6 Å². The maximum absolute atomic E-state index is 5.86. The molecule has 0 aromatic heterocycles. The van der Waals surface area contributed by atoms with Crippen molar-refractivity contribution >= 4 is 27.5 Å². The van der Waals surface area contributed by atoms with E-state index in [0.717, 1.165) is 35.7 Å². The zero-order valence-corrected chi connectivity index (χ0v) is 11.2. The van der Waals surface area contributed by atoms with Crippen LogP contribution in [0.25, 0.3) is 0 Å². The lowest BCUT2D eigenvalue weighted by molar-refractivity contribution is 0.624. The van der Waals surface area contributed by atoms with Crippen molar-refractivity contribution in [2.45, 2.75) is 13.5 Å². The molecule has 0 amide bonds. The SMILES string of the molecule is CCNCCNCc1ccc(Cl)cc1Br. The van der Waals surface area contributed by atoms with Gasteiger partial charge in [0.05, 0.1) is 0 Å². The Morgan fingerprint density at radius 3 is 2.67 bits per heavy atom. The Labute approximate surface area is 105 Å². The zero-order chi connectivity index (χ0) is 11.1. The number of nitrogens with one attached hydrogen (secondary N) is 2. The van der Waals surface area contributed by atoms with Gasteiger partial charge in [0.2, 0.25) is 0 Å². The van der Waals surface area contributed by atoms with Gasteiger partial charge >= 0.3 is 0 Å². The van der Waals surface area contributed by atoms with Crippen molar-refractivity contribution in [2.75, 3.05) is 19.6 Å². The Morgan fingerprint density at radius 2 is 2.00 bits per heavy atom. The van der Waals surface area contributed by atoms with Gasteiger partial charge in [0.15, 0.2) is 0 Å². The van der Waals surface area contributed by atoms with E-state index >= 15 is 0 Å². The van der Waals surface area contributed by atoms with E-state index in [9.17, 15) is 0 Å². The third-order valence-electron chi connectivity index (χ3n) is 2.06. The Bertz CT molecular complexity index is 305. The average Bonchev–Trinajstić information content (AvgIpc) is 2.20. The van der Waals surface area contributed by atoms with Crippen LogP contribution in [0.1, 0.15) is 12.5 Å². The number of rotatable bonds is 6. The van der Waals surface area contributed by atoms with Crippen LogP contribution >= 0.6 is 27.5 Å². The van der Waals surface area contributed by atoms with Gasteiger partial charge in [0, 0.05) is 29.1 Å². The maximum atomic E-state index is 5.86. The molecule has 0 heterocycles. The molecule has 84 valence electrons. The minimum absolute atomic E-state index is 0.762. The summed E-state index contributed by atoms with van der Waals surface area (Å²) in [5, 5.41) is 7.39. The molecule has 0 saturated heterocycles. The molecule has 1 rings (SSSR count). The first-order valence-electron chi connectivity index (χ1n) is 5.09. The van der Waals surface area contributed by atoms with Crippen molar-refractivity contribution in [2.24, 2.45) is 0 Å². The molecule has 0 saturated carbocycles. The molecule has 0 radical (unpaired) electrons. The van der Waals surface area contributed by atoms with E-state index in [2.05, 4.69) is 33.5 Å². The highest BCUT2D eigenvalue weighted by Crippen LogP contribution is 2.21. The molecule has 0 unspecified atom stereocenters. The number of likely N-dealkylation sites (N-methyl/N-ethyl adjacent to an activating group) is 1. The van der Waals surface area contributed by atoms with Gasteiger partial charge in [-0.05, 0) is 24.2 Å². The first-order chi connectivity index (χ1) is 7.24. The lowest BCUT2D eigenvalue weighted by atomic mass is 10.2. The molecule has 0 spiro atoms. The number of benzene rings is 1. The number of halogens is 2. The van der Waals surface area contributed by atoms with Gasteiger partial charge in [-0.15, -0.1) is 0 Å². The molecular formula is C11H16BrClN2. The topological polar surface area (TPSA) is 24.1 Å². The van der Waals surface area contributed by atoms with Crippen LogP contribution in [-0.4, -0.2) is 19.6 Å². The molecule has 15 heavy (non-hydrogen) atoms. The lowest BCUT2D eigenvalue weighted by Crippen LogP contribution is -2.26. The van der Waals surface area contributed by atoms with Gasteiger partial charge in [-0.2, -0.15) is 0 Å². The van der Waals surface area contributed by atoms with E-state index in [1.165, 1.54) is 5.56 Å². The lowest BCUT2D eigenvalue weighted by Gasteiger charge is -2.07. The van der Waals surface area contributed by atoms with Crippen LogP contribution in [0.3, 0.4) is 0 Å². The summed E-state index contributed by atoms with van der Waals surface area (Å²) in [6.07, 6.45) is 0. The Hall–Kier alpha value is -0.0900. The summed E-state index contributed by atoms with van der Waals surface area (Å²) in [5.74, 6) is 0. The number of hydrogen-bond donors (Lipinski definition) is 2. The van der Waals surface area contributed by atoms with Crippen molar-refractivity contribution in [3.8, 4) is 0 Å². The summed E-state index contributed by atoms with van der Waals surface area (Å²) in [5.41, 5.74) is 1.23. The number of hydrogen-bond acceptors (Lipinski definition) is 2. The van der Waals surface area contributed by atoms with Crippen molar-refractivity contribution in [3.05, 3.63) is 33.3 Å². The van der Waals surface area contributed by atoms with E-state index in [1.807, 2.05) is 18.2 Å². The van der Waals surface area contributed by atoms with Crippen molar-refractivity contribution < 1.29 is 0 Å². The van der Waals surface area contributed by atoms with Crippen molar-refractivity contribution in [3.63, 3.8) is 0 Å². The summed E-state index contributed by atoms with van der Waals surface area (Å²) >= 11 is 9.35. The largest absolute Gasteiger partial charge is 0.316 e. The molecule has 2 nitrogen and oxygen atoms in total. The second kappa shape index (κ2) is 7.23. The van der Waals surface area contributed by atoms with Gasteiger partial charge in [0.1, 0.15) is 0 Å². The van der Waals surface area contributed by atoms with E-state index in [1.54, 1.807) is 0 Å². The minimum Gasteiger partial charge on any atom is -0.316 e. The van der Waals surface area contributed by atoms with E-state index in [0.29, 0.717) is 0 Å². The van der Waals surface area contributed by atoms with Crippen LogP contribution < -0.4 is 10.6 Å². The molecule has 1 aromatic carbocycles. The third kappa shape index (κ3) is 4.98. The van der Waals surface area contributed by atoms with Gasteiger partial charge in [-0.1, -0.05) is 40.5 Å². The second-order valence-corrected chi connectivity index (χ2v) is 4.56. The standard InChI is InChI=1S/C11H16BrClN2/c1-2-14-5-6-15-8-9-3-4-10(13)7-11(9)12/h3-4,7,14-15H,2,5-6,8H2,1H3. The fourth-order valence-corrected chi connectivity index (χ4v) is 2.06. The molecule has 0 atom stereocenters. The smallest absolute Gasteiger partial charge is 0.0417 e. The molecule has 4 heteroatoms. The zero-order valence-electron chi connectivity index (χ0n) is 8.82. The summed E-state index contributed by atoms with van der Waals surface area (Å²) in [7, 11) is 0. The predicted molar refractivity (Wildman–Crippen MR) is 69.4 cm³/mol. The van der Waals surface area contributed by atoms with Crippen LogP contribution in [0.15, 0.2) is 22.7 Å². The summed E-state index contributed by atoms with van der Waals surface area (Å²) in [6, 6.07) is 5.86. The van der Waals surface area contributed by atoms with Gasteiger partial charge in [0.25, 0.3) is 0 Å². The first kappa shape index (κ1) is 13.0.